The average molecular weight is 531 g/mol. The first-order valence-electron chi connectivity index (χ1n) is 11.7. The van der Waals surface area contributed by atoms with Crippen LogP contribution in [0.1, 0.15) is 18.9 Å². The van der Waals surface area contributed by atoms with Crippen LogP contribution in [-0.2, 0) is 14.3 Å². The normalized spacial score (nSPS) is 37.1. The van der Waals surface area contributed by atoms with Crippen LogP contribution in [0.3, 0.4) is 0 Å². The predicted octanol–water partition coefficient (Wildman–Crippen LogP) is 0.869. The first-order valence-corrected chi connectivity index (χ1v) is 13.4. The molecule has 3 heterocycles. The van der Waals surface area contributed by atoms with E-state index in [1.807, 2.05) is 6.08 Å². The second-order valence-electron chi connectivity index (χ2n) is 9.20. The Morgan fingerprint density at radius 2 is 2.00 bits per heavy atom. The summed E-state index contributed by atoms with van der Waals surface area (Å²) < 4.78 is 26.2. The minimum Gasteiger partial charge on any atom is -0.388 e. The van der Waals surface area contributed by atoms with Gasteiger partial charge in [-0.2, -0.15) is 0 Å². The van der Waals surface area contributed by atoms with Crippen LogP contribution < -0.4 is 10.6 Å². The third-order valence-corrected chi connectivity index (χ3v) is 8.05. The Morgan fingerprint density at radius 1 is 1.26 bits per heavy atom. The highest BCUT2D eigenvalue weighted by Crippen LogP contribution is 2.33. The van der Waals surface area contributed by atoms with E-state index in [9.17, 15) is 24.5 Å². The lowest BCUT2D eigenvalue weighted by molar-refractivity contribution is -0.205. The first-order chi connectivity index (χ1) is 16.7. The molecular formula is C24H32ClFN2O6S. The number of rotatable bonds is 6. The summed E-state index contributed by atoms with van der Waals surface area (Å²) in [7, 11) is 0. The maximum atomic E-state index is 14.3. The quantitative estimate of drug-likeness (QED) is 0.344. The molecule has 11 heteroatoms. The zero-order valence-corrected chi connectivity index (χ0v) is 21.1. The highest BCUT2D eigenvalue weighted by molar-refractivity contribution is 7.99. The van der Waals surface area contributed by atoms with Crippen molar-refractivity contribution in [1.29, 1.82) is 0 Å². The molecule has 5 unspecified atom stereocenters. The molecule has 10 atom stereocenters. The number of ether oxygens (including phenoxy) is 2. The second-order valence-corrected chi connectivity index (χ2v) is 10.8. The van der Waals surface area contributed by atoms with Gasteiger partial charge < -0.3 is 35.4 Å². The minimum atomic E-state index is -1.44. The summed E-state index contributed by atoms with van der Waals surface area (Å²) in [6.07, 6.45) is -1.43. The fourth-order valence-electron chi connectivity index (χ4n) is 5.03. The summed E-state index contributed by atoms with van der Waals surface area (Å²) in [5.41, 5.74) is 0.600. The van der Waals surface area contributed by atoms with E-state index in [0.29, 0.717) is 25.1 Å². The molecular weight excluding hydrogens is 499 g/mol. The van der Waals surface area contributed by atoms with E-state index in [4.69, 9.17) is 21.1 Å². The van der Waals surface area contributed by atoms with Crippen molar-refractivity contribution in [2.24, 2.45) is 5.92 Å². The van der Waals surface area contributed by atoms with E-state index in [1.54, 1.807) is 31.4 Å². The van der Waals surface area contributed by atoms with Gasteiger partial charge in [0, 0.05) is 18.0 Å². The lowest BCUT2D eigenvalue weighted by Crippen LogP contribution is -2.65. The summed E-state index contributed by atoms with van der Waals surface area (Å²) in [4.78, 5) is 13.3. The molecule has 0 saturated carbocycles. The average Bonchev–Trinajstić information content (AvgIpc) is 3.12. The maximum absolute atomic E-state index is 14.3. The molecule has 8 nitrogen and oxygen atoms in total. The number of halogens is 2. The number of alkyl halides is 1. The van der Waals surface area contributed by atoms with E-state index in [2.05, 4.69) is 10.6 Å². The van der Waals surface area contributed by atoms with Crippen molar-refractivity contribution in [3.8, 4) is 0 Å². The molecule has 0 radical (unpaired) electrons. The van der Waals surface area contributed by atoms with Gasteiger partial charge in [-0.3, -0.25) is 4.79 Å². The monoisotopic (exact) mass is 530 g/mol. The van der Waals surface area contributed by atoms with E-state index in [1.165, 1.54) is 17.8 Å². The number of benzene rings is 1. The number of carbonyl (C=O) groups excluding carboxylic acids is 1. The Kier molecular flexibility index (Phi) is 8.76. The third-order valence-electron chi connectivity index (χ3n) is 6.92. The first kappa shape index (κ1) is 26.8. The van der Waals surface area contributed by atoms with Crippen LogP contribution in [0, 0.1) is 11.7 Å². The smallest absolute Gasteiger partial charge is 0.240 e. The number of aliphatic hydroxyl groups is 3. The molecule has 2 fully saturated rings. The number of nitrogens with one attached hydrogen (secondary N) is 2. The number of thioether (sulfide) groups is 1. The molecule has 1 amide bonds. The zero-order chi connectivity index (χ0) is 25.3. The largest absolute Gasteiger partial charge is 0.388 e. The second kappa shape index (κ2) is 11.4. The van der Waals surface area contributed by atoms with Crippen molar-refractivity contribution < 1.29 is 34.0 Å². The third kappa shape index (κ3) is 5.55. The predicted molar refractivity (Wildman–Crippen MR) is 131 cm³/mol. The Morgan fingerprint density at radius 3 is 2.69 bits per heavy atom. The highest BCUT2D eigenvalue weighted by atomic mass is 35.5. The number of aliphatic hydroxyl groups excluding tert-OH is 3. The van der Waals surface area contributed by atoms with Gasteiger partial charge in [0.05, 0.1) is 24.1 Å². The summed E-state index contributed by atoms with van der Waals surface area (Å²) in [6, 6.07) is 5.07. The van der Waals surface area contributed by atoms with Crippen molar-refractivity contribution in [2.45, 2.75) is 66.8 Å². The van der Waals surface area contributed by atoms with Crippen LogP contribution in [0.4, 0.5) is 4.39 Å². The molecule has 1 aromatic carbocycles. The van der Waals surface area contributed by atoms with E-state index < -0.39 is 53.4 Å². The van der Waals surface area contributed by atoms with Crippen LogP contribution in [0.5, 0.6) is 0 Å². The lowest BCUT2D eigenvalue weighted by Gasteiger charge is -2.44. The fraction of sp³-hybridized carbons (Fsp3) is 0.625. The van der Waals surface area contributed by atoms with Crippen LogP contribution in [0.25, 0.3) is 5.57 Å². The zero-order valence-electron chi connectivity index (χ0n) is 19.5. The van der Waals surface area contributed by atoms with Gasteiger partial charge in [-0.1, -0.05) is 24.3 Å². The Hall–Kier alpha value is -1.24. The number of hydrogen-bond donors (Lipinski definition) is 5. The molecule has 194 valence electrons. The van der Waals surface area contributed by atoms with Gasteiger partial charge in [0.2, 0.25) is 5.91 Å². The van der Waals surface area contributed by atoms with Crippen molar-refractivity contribution in [2.75, 3.05) is 19.4 Å². The fourth-order valence-corrected chi connectivity index (χ4v) is 5.91. The molecule has 2 saturated heterocycles. The molecule has 3 aliphatic rings. The number of amides is 1. The van der Waals surface area contributed by atoms with Crippen LogP contribution in [0.2, 0.25) is 0 Å². The van der Waals surface area contributed by atoms with Gasteiger partial charge in [0.1, 0.15) is 41.7 Å². The molecule has 0 aromatic heterocycles. The number of hydrogen-bond acceptors (Lipinski definition) is 8. The number of fused-ring (bicyclic) bond motifs is 1. The van der Waals surface area contributed by atoms with Gasteiger partial charge in [-0.15, -0.1) is 23.4 Å². The summed E-state index contributed by atoms with van der Waals surface area (Å²) in [5.74, 6) is -0.808. The van der Waals surface area contributed by atoms with Crippen molar-refractivity contribution >= 4 is 34.8 Å². The minimum absolute atomic E-state index is 0.135. The van der Waals surface area contributed by atoms with Crippen molar-refractivity contribution in [3.63, 3.8) is 0 Å². The molecule has 0 aliphatic carbocycles. The van der Waals surface area contributed by atoms with Gasteiger partial charge in [0.25, 0.3) is 0 Å². The maximum Gasteiger partial charge on any atom is 0.240 e. The molecule has 5 N–H and O–H groups in total. The van der Waals surface area contributed by atoms with E-state index in [-0.39, 0.29) is 17.6 Å². The highest BCUT2D eigenvalue weighted by Gasteiger charge is 2.49. The van der Waals surface area contributed by atoms with Crippen LogP contribution >= 0.6 is 23.4 Å². The SMILES string of the molecule is CSC1OC([C@H](NC(=O)[C@H]2NC[C@@H]3C=C(c4ccccc4F)CCO[C@@H]23)[C@H](C)Cl)C(O)C(O)C1O. The Balaban J connectivity index is 1.49. The van der Waals surface area contributed by atoms with Gasteiger partial charge >= 0.3 is 0 Å². The van der Waals surface area contributed by atoms with Gasteiger partial charge in [0.15, 0.2) is 0 Å². The molecule has 0 bridgehead atoms. The van der Waals surface area contributed by atoms with Crippen molar-refractivity contribution in [1.82, 2.24) is 10.6 Å². The summed E-state index contributed by atoms with van der Waals surface area (Å²) >= 11 is 7.57. The molecule has 35 heavy (non-hydrogen) atoms. The number of carbonyl (C=O) groups is 1. The molecule has 3 aliphatic heterocycles. The standard InChI is InChI=1S/C24H32ClFN2O6S/c1-11(25)16(22-19(30)18(29)20(31)24(34-22)35-2)28-23(32)17-21-13(10-27-17)9-12(7-8-33-21)14-5-3-4-6-15(14)26/h3-6,9,11,13,16-22,24,27,29-31H,7-8,10H2,1-2H3,(H,28,32)/t11-,13-,16+,17-,18?,19?,20?,21+,22?,24?/m0/s1. The topological polar surface area (TPSA) is 120 Å². The van der Waals surface area contributed by atoms with Crippen LogP contribution in [0.15, 0.2) is 30.3 Å². The summed E-state index contributed by atoms with van der Waals surface area (Å²) in [5, 5.41) is 36.4. The lowest BCUT2D eigenvalue weighted by atomic mass is 9.92. The summed E-state index contributed by atoms with van der Waals surface area (Å²) in [6.45, 7) is 2.47. The van der Waals surface area contributed by atoms with Crippen molar-refractivity contribution in [3.05, 3.63) is 41.7 Å². The van der Waals surface area contributed by atoms with E-state index >= 15 is 0 Å². The Bertz CT molecular complexity index is 937. The van der Waals surface area contributed by atoms with E-state index in [0.717, 1.165) is 5.57 Å². The van der Waals surface area contributed by atoms with Crippen LogP contribution in [-0.4, -0.2) is 94.1 Å². The van der Waals surface area contributed by atoms with Gasteiger partial charge in [-0.25, -0.2) is 4.39 Å². The molecule has 1 aromatic rings. The molecule has 0 spiro atoms. The van der Waals surface area contributed by atoms with Gasteiger partial charge in [-0.05, 0) is 31.2 Å². The Labute approximate surface area is 213 Å². The molecule has 4 rings (SSSR count).